The van der Waals surface area contributed by atoms with Gasteiger partial charge in [0.25, 0.3) is 0 Å². The van der Waals surface area contributed by atoms with Gasteiger partial charge in [-0.2, -0.15) is 0 Å². The van der Waals surface area contributed by atoms with Crippen LogP contribution in [0.25, 0.3) is 0 Å². The van der Waals surface area contributed by atoms with Crippen molar-refractivity contribution in [2.24, 2.45) is 9.98 Å². The summed E-state index contributed by atoms with van der Waals surface area (Å²) in [4.78, 5) is 8.03. The number of allylic oxidation sites excluding steroid dienone is 1. The summed E-state index contributed by atoms with van der Waals surface area (Å²) in [5.74, 6) is 0.745. The molecule has 1 rings (SSSR count). The molecule has 1 aromatic rings. The Balaban J connectivity index is 2.71. The van der Waals surface area contributed by atoms with Crippen molar-refractivity contribution in [1.82, 2.24) is 0 Å². The lowest BCUT2D eigenvalue weighted by atomic mass is 10.1. The molecule has 2 nitrogen and oxygen atoms in total. The monoisotopic (exact) mass is 186 g/mol. The van der Waals surface area contributed by atoms with E-state index in [0.29, 0.717) is 0 Å². The minimum Gasteiger partial charge on any atom is -0.249 e. The van der Waals surface area contributed by atoms with Crippen molar-refractivity contribution in [3.05, 3.63) is 48.2 Å². The molecular weight excluding hydrogens is 172 g/mol. The van der Waals surface area contributed by atoms with E-state index in [1.54, 1.807) is 6.20 Å². The topological polar surface area (TPSA) is 24.7 Å². The quantitative estimate of drug-likeness (QED) is 0.512. The molecule has 0 aromatic heterocycles. The highest BCUT2D eigenvalue weighted by Crippen LogP contribution is 2.01. The van der Waals surface area contributed by atoms with Crippen molar-refractivity contribution < 1.29 is 0 Å². The number of benzene rings is 1. The number of aliphatic imine (C=N–C) groups is 2. The Hall–Kier alpha value is -1.70. The molecule has 1 aromatic carbocycles. The van der Waals surface area contributed by atoms with E-state index < -0.39 is 0 Å². The smallest absolute Gasteiger partial charge is 0.131 e. The molecule has 0 saturated carbocycles. The molecule has 0 spiro atoms. The summed E-state index contributed by atoms with van der Waals surface area (Å²) < 4.78 is 0. The zero-order valence-electron chi connectivity index (χ0n) is 8.35. The molecule has 0 fully saturated rings. The van der Waals surface area contributed by atoms with E-state index in [1.165, 1.54) is 5.56 Å². The SMILES string of the molecule is C=NC(Cc1ccccc1)=N/C=C\C. The highest BCUT2D eigenvalue weighted by molar-refractivity contribution is 5.88. The summed E-state index contributed by atoms with van der Waals surface area (Å²) in [7, 11) is 0. The van der Waals surface area contributed by atoms with Crippen LogP contribution in [0.5, 0.6) is 0 Å². The van der Waals surface area contributed by atoms with Gasteiger partial charge in [-0.1, -0.05) is 36.4 Å². The number of rotatable bonds is 3. The van der Waals surface area contributed by atoms with Gasteiger partial charge in [0.15, 0.2) is 0 Å². The van der Waals surface area contributed by atoms with E-state index >= 15 is 0 Å². The summed E-state index contributed by atoms with van der Waals surface area (Å²) in [6.07, 6.45) is 4.33. The molecule has 0 aliphatic rings. The molecule has 2 heteroatoms. The highest BCUT2D eigenvalue weighted by Gasteiger charge is 1.96. The van der Waals surface area contributed by atoms with Crippen molar-refractivity contribution in [2.45, 2.75) is 13.3 Å². The Morgan fingerprint density at radius 2 is 2.07 bits per heavy atom. The molecule has 0 aliphatic heterocycles. The highest BCUT2D eigenvalue weighted by atomic mass is 14.9. The van der Waals surface area contributed by atoms with E-state index in [4.69, 9.17) is 0 Å². The van der Waals surface area contributed by atoms with Gasteiger partial charge in [-0.15, -0.1) is 0 Å². The second-order valence-electron chi connectivity index (χ2n) is 2.85. The van der Waals surface area contributed by atoms with Crippen molar-refractivity contribution in [2.75, 3.05) is 0 Å². The molecule has 0 N–H and O–H groups in total. The number of amidine groups is 1. The first kappa shape index (κ1) is 10.4. The molecule has 0 radical (unpaired) electrons. The molecule has 0 amide bonds. The molecule has 14 heavy (non-hydrogen) atoms. The summed E-state index contributed by atoms with van der Waals surface area (Å²) >= 11 is 0. The molecule has 0 bridgehead atoms. The Bertz CT molecular complexity index is 337. The Morgan fingerprint density at radius 1 is 1.36 bits per heavy atom. The zero-order valence-corrected chi connectivity index (χ0v) is 8.35. The second kappa shape index (κ2) is 5.86. The predicted octanol–water partition coefficient (Wildman–Crippen LogP) is 2.86. The average Bonchev–Trinajstić information content (AvgIpc) is 2.25. The molecule has 0 aliphatic carbocycles. The minimum absolute atomic E-state index is 0.731. The number of hydrogen-bond acceptors (Lipinski definition) is 1. The maximum Gasteiger partial charge on any atom is 0.131 e. The maximum absolute atomic E-state index is 4.16. The average molecular weight is 186 g/mol. The van der Waals surface area contributed by atoms with Gasteiger partial charge in [-0.25, -0.2) is 9.98 Å². The maximum atomic E-state index is 4.16. The van der Waals surface area contributed by atoms with Crippen molar-refractivity contribution >= 4 is 12.6 Å². The van der Waals surface area contributed by atoms with Crippen LogP contribution < -0.4 is 0 Å². The molecule has 0 unspecified atom stereocenters. The van der Waals surface area contributed by atoms with Crippen LogP contribution in [-0.2, 0) is 6.42 Å². The van der Waals surface area contributed by atoms with Crippen LogP contribution in [0.15, 0.2) is 52.6 Å². The van der Waals surface area contributed by atoms with Crippen LogP contribution in [0.4, 0.5) is 0 Å². The van der Waals surface area contributed by atoms with Crippen molar-refractivity contribution in [1.29, 1.82) is 0 Å². The lowest BCUT2D eigenvalue weighted by Gasteiger charge is -1.98. The lowest BCUT2D eigenvalue weighted by Crippen LogP contribution is -1.98. The van der Waals surface area contributed by atoms with Gasteiger partial charge in [-0.3, -0.25) is 0 Å². The third kappa shape index (κ3) is 3.35. The Kier molecular flexibility index (Phi) is 4.35. The van der Waals surface area contributed by atoms with Gasteiger partial charge < -0.3 is 0 Å². The van der Waals surface area contributed by atoms with Crippen LogP contribution in [0.3, 0.4) is 0 Å². The van der Waals surface area contributed by atoms with Gasteiger partial charge in [0.2, 0.25) is 0 Å². The predicted molar refractivity (Wildman–Crippen MR) is 61.9 cm³/mol. The third-order valence-corrected chi connectivity index (χ3v) is 1.76. The van der Waals surface area contributed by atoms with E-state index in [-0.39, 0.29) is 0 Å². The van der Waals surface area contributed by atoms with Crippen LogP contribution in [0, 0.1) is 0 Å². The zero-order chi connectivity index (χ0) is 10.2. The first-order valence-electron chi connectivity index (χ1n) is 4.55. The Morgan fingerprint density at radius 3 is 2.64 bits per heavy atom. The van der Waals surface area contributed by atoms with E-state index in [1.807, 2.05) is 31.2 Å². The third-order valence-electron chi connectivity index (χ3n) is 1.76. The van der Waals surface area contributed by atoms with Gasteiger partial charge in [0.1, 0.15) is 5.84 Å². The van der Waals surface area contributed by atoms with Crippen LogP contribution in [0.1, 0.15) is 12.5 Å². The van der Waals surface area contributed by atoms with E-state index in [2.05, 4.69) is 28.8 Å². The van der Waals surface area contributed by atoms with E-state index in [0.717, 1.165) is 12.3 Å². The Labute approximate surface area is 84.7 Å². The minimum atomic E-state index is 0.731. The van der Waals surface area contributed by atoms with Gasteiger partial charge >= 0.3 is 0 Å². The fraction of sp³-hybridized carbons (Fsp3) is 0.167. The first-order chi connectivity index (χ1) is 6.86. The van der Waals surface area contributed by atoms with Crippen molar-refractivity contribution in [3.8, 4) is 0 Å². The van der Waals surface area contributed by atoms with Crippen molar-refractivity contribution in [3.63, 3.8) is 0 Å². The van der Waals surface area contributed by atoms with Crippen LogP contribution >= 0.6 is 0 Å². The normalized spacial score (nSPS) is 11.9. The standard InChI is InChI=1S/C12H14N2/c1-3-9-14-12(13-2)10-11-7-5-4-6-8-11/h3-9H,2,10H2,1H3/b9-3-,14-12?. The molecule has 0 atom stereocenters. The van der Waals surface area contributed by atoms with E-state index in [9.17, 15) is 0 Å². The molecule has 72 valence electrons. The largest absolute Gasteiger partial charge is 0.249 e. The van der Waals surface area contributed by atoms with Crippen LogP contribution in [0.2, 0.25) is 0 Å². The summed E-state index contributed by atoms with van der Waals surface area (Å²) in [6.45, 7) is 5.42. The molecular formula is C12H14N2. The molecule has 0 saturated heterocycles. The van der Waals surface area contributed by atoms with Gasteiger partial charge in [0.05, 0.1) is 0 Å². The number of nitrogens with zero attached hydrogens (tertiary/aromatic N) is 2. The first-order valence-corrected chi connectivity index (χ1v) is 4.55. The second-order valence-corrected chi connectivity index (χ2v) is 2.85. The summed E-state index contributed by atoms with van der Waals surface area (Å²) in [5.41, 5.74) is 1.20. The number of hydrogen-bond donors (Lipinski definition) is 0. The fourth-order valence-electron chi connectivity index (χ4n) is 1.08. The fourth-order valence-corrected chi connectivity index (χ4v) is 1.08. The molecule has 0 heterocycles. The van der Waals surface area contributed by atoms with Gasteiger partial charge in [0, 0.05) is 12.6 Å². The summed E-state index contributed by atoms with van der Waals surface area (Å²) in [5, 5.41) is 0. The lowest BCUT2D eigenvalue weighted by molar-refractivity contribution is 1.27. The van der Waals surface area contributed by atoms with Gasteiger partial charge in [-0.05, 0) is 19.2 Å². The van der Waals surface area contributed by atoms with Crippen LogP contribution in [-0.4, -0.2) is 12.6 Å². The summed E-state index contributed by atoms with van der Waals surface area (Å²) in [6, 6.07) is 10.1.